The molecule has 0 aromatic rings. The molecule has 0 fully saturated rings. The number of aldehydes is 1. The van der Waals surface area contributed by atoms with Crippen molar-refractivity contribution in [1.29, 1.82) is 0 Å². The first-order valence-electron chi connectivity index (χ1n) is 4.37. The van der Waals surface area contributed by atoms with Crippen LogP contribution in [0.2, 0.25) is 0 Å². The molecule has 0 amide bonds. The van der Waals surface area contributed by atoms with E-state index in [9.17, 15) is 14.4 Å². The highest BCUT2D eigenvalue weighted by Crippen LogP contribution is 2.18. The SMILES string of the molecule is CCCC(CC=O)C(N=C=O)N=C=O. The number of aliphatic imine (C=N–C) groups is 2. The number of hydrogen-bond acceptors (Lipinski definition) is 5. The Labute approximate surface area is 81.9 Å². The third-order valence-corrected chi connectivity index (χ3v) is 1.85. The first kappa shape index (κ1) is 12.4. The Hall–Kier alpha value is -1.57. The number of nitrogens with zero attached hydrogens (tertiary/aromatic N) is 2. The monoisotopic (exact) mass is 196 g/mol. The highest BCUT2D eigenvalue weighted by molar-refractivity contribution is 5.50. The average Bonchev–Trinajstić information content (AvgIpc) is 2.17. The molecule has 0 saturated heterocycles. The van der Waals surface area contributed by atoms with Crippen molar-refractivity contribution in [3.05, 3.63) is 0 Å². The van der Waals surface area contributed by atoms with Crippen LogP contribution in [-0.4, -0.2) is 24.6 Å². The molecular weight excluding hydrogens is 184 g/mol. The molecule has 0 aliphatic carbocycles. The zero-order chi connectivity index (χ0) is 10.8. The Kier molecular flexibility index (Phi) is 7.15. The first-order chi connectivity index (χ1) is 6.79. The van der Waals surface area contributed by atoms with Crippen LogP contribution in [0.3, 0.4) is 0 Å². The van der Waals surface area contributed by atoms with Crippen molar-refractivity contribution in [2.75, 3.05) is 0 Å². The van der Waals surface area contributed by atoms with Gasteiger partial charge in [0.25, 0.3) is 0 Å². The fraction of sp³-hybridized carbons (Fsp3) is 0.667. The van der Waals surface area contributed by atoms with Crippen LogP contribution in [0.1, 0.15) is 26.2 Å². The van der Waals surface area contributed by atoms with E-state index in [4.69, 9.17) is 0 Å². The molecule has 0 heterocycles. The van der Waals surface area contributed by atoms with Crippen LogP contribution in [-0.2, 0) is 14.4 Å². The van der Waals surface area contributed by atoms with Crippen LogP contribution < -0.4 is 0 Å². The lowest BCUT2D eigenvalue weighted by molar-refractivity contribution is -0.108. The van der Waals surface area contributed by atoms with E-state index in [-0.39, 0.29) is 12.3 Å². The Bertz CT molecular complexity index is 247. The van der Waals surface area contributed by atoms with Gasteiger partial charge in [-0.05, 0) is 6.42 Å². The Morgan fingerprint density at radius 1 is 1.29 bits per heavy atom. The molecule has 0 rings (SSSR count). The van der Waals surface area contributed by atoms with Gasteiger partial charge in [0.05, 0.1) is 0 Å². The van der Waals surface area contributed by atoms with E-state index in [0.717, 1.165) is 12.7 Å². The zero-order valence-electron chi connectivity index (χ0n) is 7.97. The Morgan fingerprint density at radius 3 is 2.21 bits per heavy atom. The lowest BCUT2D eigenvalue weighted by atomic mass is 9.97. The van der Waals surface area contributed by atoms with Gasteiger partial charge in [-0.25, -0.2) is 9.59 Å². The summed E-state index contributed by atoms with van der Waals surface area (Å²) in [5.41, 5.74) is 0. The van der Waals surface area contributed by atoms with Crippen molar-refractivity contribution in [2.24, 2.45) is 15.9 Å². The predicted octanol–water partition coefficient (Wildman–Crippen LogP) is 0.989. The molecule has 0 aromatic carbocycles. The van der Waals surface area contributed by atoms with Gasteiger partial charge in [-0.3, -0.25) is 0 Å². The van der Waals surface area contributed by atoms with Crippen LogP contribution >= 0.6 is 0 Å². The second-order valence-electron chi connectivity index (χ2n) is 2.81. The van der Waals surface area contributed by atoms with Crippen molar-refractivity contribution in [3.8, 4) is 0 Å². The first-order valence-corrected chi connectivity index (χ1v) is 4.37. The molecule has 14 heavy (non-hydrogen) atoms. The molecule has 1 atom stereocenters. The van der Waals surface area contributed by atoms with Crippen molar-refractivity contribution < 1.29 is 14.4 Å². The van der Waals surface area contributed by atoms with Gasteiger partial charge in [0, 0.05) is 12.3 Å². The second kappa shape index (κ2) is 8.05. The van der Waals surface area contributed by atoms with Gasteiger partial charge in [0.1, 0.15) is 6.29 Å². The Balaban J connectivity index is 4.59. The van der Waals surface area contributed by atoms with Gasteiger partial charge in [0.2, 0.25) is 12.2 Å². The average molecular weight is 196 g/mol. The summed E-state index contributed by atoms with van der Waals surface area (Å²) in [5.74, 6) is -0.208. The van der Waals surface area contributed by atoms with E-state index >= 15 is 0 Å². The summed E-state index contributed by atoms with van der Waals surface area (Å²) in [5, 5.41) is 0. The van der Waals surface area contributed by atoms with Crippen LogP contribution in [0.4, 0.5) is 0 Å². The number of isocyanates is 2. The molecule has 0 N–H and O–H groups in total. The van der Waals surface area contributed by atoms with E-state index in [1.54, 1.807) is 0 Å². The number of rotatable bonds is 7. The lowest BCUT2D eigenvalue weighted by Gasteiger charge is -2.14. The minimum atomic E-state index is -0.810. The largest absolute Gasteiger partial charge is 0.303 e. The van der Waals surface area contributed by atoms with E-state index in [1.807, 2.05) is 6.92 Å². The third-order valence-electron chi connectivity index (χ3n) is 1.85. The lowest BCUT2D eigenvalue weighted by Crippen LogP contribution is -2.17. The molecule has 0 radical (unpaired) electrons. The number of carbonyl (C=O) groups excluding carboxylic acids is 3. The quantitative estimate of drug-likeness (QED) is 0.346. The molecule has 0 saturated carbocycles. The summed E-state index contributed by atoms with van der Waals surface area (Å²) in [6.45, 7) is 1.93. The van der Waals surface area contributed by atoms with E-state index in [2.05, 4.69) is 9.98 Å². The normalized spacial score (nSPS) is 13.2. The minimum absolute atomic E-state index is 0.208. The summed E-state index contributed by atoms with van der Waals surface area (Å²) in [6.07, 6.45) is 4.34. The molecule has 0 aliphatic heterocycles. The van der Waals surface area contributed by atoms with Gasteiger partial charge in [-0.15, -0.1) is 0 Å². The van der Waals surface area contributed by atoms with Crippen LogP contribution in [0, 0.1) is 5.92 Å². The molecule has 76 valence electrons. The van der Waals surface area contributed by atoms with Crippen LogP contribution in [0.25, 0.3) is 0 Å². The molecule has 1 unspecified atom stereocenters. The second-order valence-corrected chi connectivity index (χ2v) is 2.81. The van der Waals surface area contributed by atoms with Gasteiger partial charge >= 0.3 is 0 Å². The van der Waals surface area contributed by atoms with Crippen molar-refractivity contribution in [2.45, 2.75) is 32.4 Å². The van der Waals surface area contributed by atoms with Crippen molar-refractivity contribution in [1.82, 2.24) is 0 Å². The predicted molar refractivity (Wildman–Crippen MR) is 49.1 cm³/mol. The van der Waals surface area contributed by atoms with Crippen molar-refractivity contribution in [3.63, 3.8) is 0 Å². The Morgan fingerprint density at radius 2 is 1.86 bits per heavy atom. The highest BCUT2D eigenvalue weighted by atomic mass is 16.1. The maximum Gasteiger partial charge on any atom is 0.237 e. The molecule has 0 aliphatic rings. The van der Waals surface area contributed by atoms with Gasteiger partial charge in [-0.2, -0.15) is 9.98 Å². The van der Waals surface area contributed by atoms with E-state index in [0.29, 0.717) is 6.42 Å². The van der Waals surface area contributed by atoms with Gasteiger partial charge < -0.3 is 4.79 Å². The van der Waals surface area contributed by atoms with Crippen LogP contribution in [0.15, 0.2) is 9.98 Å². The van der Waals surface area contributed by atoms with Crippen molar-refractivity contribution >= 4 is 18.4 Å². The fourth-order valence-electron chi connectivity index (χ4n) is 1.23. The summed E-state index contributed by atoms with van der Waals surface area (Å²) < 4.78 is 0. The molecule has 0 aromatic heterocycles. The summed E-state index contributed by atoms with van der Waals surface area (Å²) in [6, 6.07) is 0. The van der Waals surface area contributed by atoms with E-state index in [1.165, 1.54) is 12.2 Å². The smallest absolute Gasteiger partial charge is 0.237 e. The third kappa shape index (κ3) is 4.45. The molecule has 0 spiro atoms. The molecule has 5 nitrogen and oxygen atoms in total. The number of hydrogen-bond donors (Lipinski definition) is 0. The standard InChI is InChI=1S/C9H12N2O3/c1-2-3-8(4-5-12)9(10-6-13)11-7-14/h5,8-9H,2-4H2,1H3. The minimum Gasteiger partial charge on any atom is -0.303 e. The highest BCUT2D eigenvalue weighted by Gasteiger charge is 2.19. The summed E-state index contributed by atoms with van der Waals surface area (Å²) in [4.78, 5) is 37.1. The maximum atomic E-state index is 10.3. The number of carbonyl (C=O) groups is 1. The summed E-state index contributed by atoms with van der Waals surface area (Å²) in [7, 11) is 0. The summed E-state index contributed by atoms with van der Waals surface area (Å²) >= 11 is 0. The van der Waals surface area contributed by atoms with Crippen LogP contribution in [0.5, 0.6) is 0 Å². The molecule has 5 heteroatoms. The molecular formula is C9H12N2O3. The van der Waals surface area contributed by atoms with E-state index < -0.39 is 6.17 Å². The molecule has 0 bridgehead atoms. The van der Waals surface area contributed by atoms with Gasteiger partial charge in [0.15, 0.2) is 6.17 Å². The maximum absolute atomic E-state index is 10.3. The fourth-order valence-corrected chi connectivity index (χ4v) is 1.23. The van der Waals surface area contributed by atoms with Gasteiger partial charge in [-0.1, -0.05) is 13.3 Å². The zero-order valence-corrected chi connectivity index (χ0v) is 7.97. The topological polar surface area (TPSA) is 75.9 Å².